The zero-order valence-electron chi connectivity index (χ0n) is 9.14. The Morgan fingerprint density at radius 2 is 2.41 bits per heavy atom. The lowest BCUT2D eigenvalue weighted by atomic mass is 10.3. The lowest BCUT2D eigenvalue weighted by molar-refractivity contribution is 0.627. The summed E-state index contributed by atoms with van der Waals surface area (Å²) in [7, 11) is 0. The number of thioether (sulfide) groups is 1. The van der Waals surface area contributed by atoms with Crippen molar-refractivity contribution >= 4 is 50.1 Å². The fourth-order valence-corrected chi connectivity index (χ4v) is 3.31. The molecule has 0 bridgehead atoms. The van der Waals surface area contributed by atoms with Crippen LogP contribution in [0.15, 0.2) is 21.6 Å². The van der Waals surface area contributed by atoms with E-state index in [0.29, 0.717) is 20.4 Å². The highest BCUT2D eigenvalue weighted by Gasteiger charge is 2.19. The van der Waals surface area contributed by atoms with E-state index in [4.69, 9.17) is 11.6 Å². The third-order valence-electron chi connectivity index (χ3n) is 2.41. The molecule has 0 radical (unpaired) electrons. The van der Waals surface area contributed by atoms with Gasteiger partial charge in [0.05, 0.1) is 17.3 Å². The molecular formula is C11H11BrClFN2S. The average Bonchev–Trinajstić information content (AvgIpc) is 2.71. The van der Waals surface area contributed by atoms with Crippen LogP contribution in [0.2, 0.25) is 5.02 Å². The Kier molecular flexibility index (Phi) is 4.33. The molecule has 2 rings (SSSR count). The number of halogens is 3. The molecule has 0 aliphatic carbocycles. The Bertz CT molecular complexity index is 444. The minimum Gasteiger partial charge on any atom is -0.333 e. The van der Waals surface area contributed by atoms with E-state index in [9.17, 15) is 4.39 Å². The highest BCUT2D eigenvalue weighted by molar-refractivity contribution is 9.10. The zero-order chi connectivity index (χ0) is 12.4. The van der Waals surface area contributed by atoms with Crippen LogP contribution in [-0.4, -0.2) is 17.0 Å². The molecule has 1 aromatic carbocycles. The summed E-state index contributed by atoms with van der Waals surface area (Å²) in [5.74, 6) is -0.361. The fourth-order valence-electron chi connectivity index (χ4n) is 1.47. The van der Waals surface area contributed by atoms with Gasteiger partial charge in [-0.2, -0.15) is 0 Å². The third-order valence-corrected chi connectivity index (χ3v) is 4.60. The second-order valence-corrected chi connectivity index (χ2v) is 6.21. The first-order valence-electron chi connectivity index (χ1n) is 5.22. The predicted molar refractivity (Wildman–Crippen MR) is 76.7 cm³/mol. The van der Waals surface area contributed by atoms with Crippen molar-refractivity contribution in [2.45, 2.75) is 18.6 Å². The summed E-state index contributed by atoms with van der Waals surface area (Å²) in [5.41, 5.74) is 0.663. The summed E-state index contributed by atoms with van der Waals surface area (Å²) in [4.78, 5) is 4.38. The Labute approximate surface area is 117 Å². The van der Waals surface area contributed by atoms with Crippen molar-refractivity contribution in [3.8, 4) is 0 Å². The maximum absolute atomic E-state index is 13.1. The molecule has 1 N–H and O–H groups in total. The highest BCUT2D eigenvalue weighted by atomic mass is 79.9. The maximum Gasteiger partial charge on any atom is 0.161 e. The van der Waals surface area contributed by atoms with Crippen LogP contribution in [0.4, 0.5) is 10.1 Å². The quantitative estimate of drug-likeness (QED) is 0.857. The van der Waals surface area contributed by atoms with Gasteiger partial charge in [-0.1, -0.05) is 30.3 Å². The van der Waals surface area contributed by atoms with E-state index in [1.54, 1.807) is 11.8 Å². The van der Waals surface area contributed by atoms with Crippen molar-refractivity contribution in [2.75, 3.05) is 11.9 Å². The minimum atomic E-state index is -0.361. The van der Waals surface area contributed by atoms with Gasteiger partial charge in [0, 0.05) is 9.72 Å². The molecule has 2 nitrogen and oxygen atoms in total. The van der Waals surface area contributed by atoms with Crippen LogP contribution in [0.25, 0.3) is 0 Å². The molecule has 1 aliphatic heterocycles. The lowest BCUT2D eigenvalue weighted by Gasteiger charge is -2.10. The van der Waals surface area contributed by atoms with Gasteiger partial charge in [-0.25, -0.2) is 4.39 Å². The Morgan fingerprint density at radius 3 is 3.00 bits per heavy atom. The summed E-state index contributed by atoms with van der Waals surface area (Å²) in [6.07, 6.45) is 1.08. The van der Waals surface area contributed by atoms with Gasteiger partial charge in [0.2, 0.25) is 0 Å². The van der Waals surface area contributed by atoms with Crippen LogP contribution in [0.5, 0.6) is 0 Å². The van der Waals surface area contributed by atoms with E-state index in [1.165, 1.54) is 12.1 Å². The molecule has 0 saturated carbocycles. The average molecular weight is 338 g/mol. The Hall–Kier alpha value is -0.260. The Balaban J connectivity index is 2.15. The molecule has 17 heavy (non-hydrogen) atoms. The van der Waals surface area contributed by atoms with Crippen LogP contribution in [0, 0.1) is 5.82 Å². The molecule has 1 aromatic rings. The summed E-state index contributed by atoms with van der Waals surface area (Å²) in [6.45, 7) is 2.96. The summed E-state index contributed by atoms with van der Waals surface area (Å²) in [6, 6.07) is 2.66. The first-order valence-corrected chi connectivity index (χ1v) is 7.28. The normalized spacial score (nSPS) is 19.3. The van der Waals surface area contributed by atoms with Crippen molar-refractivity contribution in [3.63, 3.8) is 0 Å². The number of hydrogen-bond acceptors (Lipinski definition) is 3. The standard InChI is InChI=1S/C11H11BrClFN2S/c1-2-7-5-15-11(17-7)16-10-8(12)3-6(14)4-9(10)13/h3-4,7H,2,5H2,1H3,(H,15,16). The SMILES string of the molecule is CCC1CN=C(Nc2c(Cl)cc(F)cc2Br)S1. The molecule has 1 aliphatic rings. The topological polar surface area (TPSA) is 24.4 Å². The monoisotopic (exact) mass is 336 g/mol. The maximum atomic E-state index is 13.1. The van der Waals surface area contributed by atoms with E-state index in [-0.39, 0.29) is 5.82 Å². The van der Waals surface area contributed by atoms with Crippen LogP contribution in [0.1, 0.15) is 13.3 Å². The number of benzene rings is 1. The molecule has 0 fully saturated rings. The summed E-state index contributed by atoms with van der Waals surface area (Å²) in [5, 5.41) is 4.85. The van der Waals surface area contributed by atoms with Gasteiger partial charge in [-0.15, -0.1) is 0 Å². The van der Waals surface area contributed by atoms with Gasteiger partial charge in [0.15, 0.2) is 5.17 Å². The molecule has 0 amide bonds. The molecule has 1 heterocycles. The lowest BCUT2D eigenvalue weighted by Crippen LogP contribution is -2.08. The van der Waals surface area contributed by atoms with E-state index < -0.39 is 0 Å². The van der Waals surface area contributed by atoms with E-state index in [1.807, 2.05) is 0 Å². The molecule has 0 spiro atoms. The number of aliphatic imine (C=N–C) groups is 1. The number of hydrogen-bond donors (Lipinski definition) is 1. The molecule has 1 atom stereocenters. The summed E-state index contributed by atoms with van der Waals surface area (Å²) < 4.78 is 13.7. The van der Waals surface area contributed by atoms with Gasteiger partial charge in [-0.3, -0.25) is 4.99 Å². The van der Waals surface area contributed by atoms with E-state index >= 15 is 0 Å². The highest BCUT2D eigenvalue weighted by Crippen LogP contribution is 2.34. The molecule has 1 unspecified atom stereocenters. The van der Waals surface area contributed by atoms with E-state index in [0.717, 1.165) is 18.1 Å². The Morgan fingerprint density at radius 1 is 1.65 bits per heavy atom. The van der Waals surface area contributed by atoms with Gasteiger partial charge in [-0.05, 0) is 34.5 Å². The molecular weight excluding hydrogens is 327 g/mol. The number of nitrogens with one attached hydrogen (secondary N) is 1. The fraction of sp³-hybridized carbons (Fsp3) is 0.364. The van der Waals surface area contributed by atoms with Crippen LogP contribution < -0.4 is 5.32 Å². The number of amidine groups is 1. The van der Waals surface area contributed by atoms with Crippen LogP contribution in [0.3, 0.4) is 0 Å². The predicted octanol–water partition coefficient (Wildman–Crippen LogP) is 4.53. The number of anilines is 1. The minimum absolute atomic E-state index is 0.347. The van der Waals surface area contributed by atoms with Crippen molar-refractivity contribution < 1.29 is 4.39 Å². The van der Waals surface area contributed by atoms with E-state index in [2.05, 4.69) is 33.2 Å². The van der Waals surface area contributed by atoms with Crippen molar-refractivity contribution in [3.05, 3.63) is 27.4 Å². The van der Waals surface area contributed by atoms with Crippen molar-refractivity contribution in [1.82, 2.24) is 0 Å². The molecule has 0 saturated heterocycles. The van der Waals surface area contributed by atoms with Crippen LogP contribution in [-0.2, 0) is 0 Å². The second-order valence-electron chi connectivity index (χ2n) is 3.66. The van der Waals surface area contributed by atoms with Gasteiger partial charge < -0.3 is 5.32 Å². The first-order chi connectivity index (χ1) is 8.10. The zero-order valence-corrected chi connectivity index (χ0v) is 12.3. The second kappa shape index (κ2) is 5.59. The van der Waals surface area contributed by atoms with Crippen molar-refractivity contribution in [2.24, 2.45) is 4.99 Å². The van der Waals surface area contributed by atoms with Gasteiger partial charge in [0.25, 0.3) is 0 Å². The summed E-state index contributed by atoms with van der Waals surface area (Å²) >= 11 is 11.0. The molecule has 92 valence electrons. The van der Waals surface area contributed by atoms with Crippen molar-refractivity contribution in [1.29, 1.82) is 0 Å². The third kappa shape index (κ3) is 3.14. The number of rotatable bonds is 2. The van der Waals surface area contributed by atoms with Gasteiger partial charge >= 0.3 is 0 Å². The van der Waals surface area contributed by atoms with Crippen LogP contribution >= 0.6 is 39.3 Å². The molecule has 0 aromatic heterocycles. The van der Waals surface area contributed by atoms with Gasteiger partial charge in [0.1, 0.15) is 5.82 Å². The molecule has 6 heteroatoms. The first kappa shape index (κ1) is 13.2. The smallest absolute Gasteiger partial charge is 0.161 e. The largest absolute Gasteiger partial charge is 0.333 e. The number of nitrogens with zero attached hydrogens (tertiary/aromatic N) is 1.